The second-order valence-electron chi connectivity index (χ2n) is 5.66. The minimum atomic E-state index is 0. The Morgan fingerprint density at radius 2 is 2.25 bits per heavy atom. The maximum atomic E-state index is 12.3. The van der Waals surface area contributed by atoms with Crippen LogP contribution in [-0.2, 0) is 11.2 Å². The fraction of sp³-hybridized carbons (Fsp3) is 0.692. The molecule has 20 heavy (non-hydrogen) atoms. The summed E-state index contributed by atoms with van der Waals surface area (Å²) in [5.74, 6) is 1.15. The van der Waals surface area contributed by atoms with E-state index in [1.54, 1.807) is 6.92 Å². The predicted molar refractivity (Wildman–Crippen MR) is 78.0 cm³/mol. The Balaban J connectivity index is 0.00000147. The second-order valence-corrected chi connectivity index (χ2v) is 6.00. The van der Waals surface area contributed by atoms with E-state index in [-0.39, 0.29) is 36.0 Å². The zero-order valence-corrected chi connectivity index (χ0v) is 12.9. The summed E-state index contributed by atoms with van der Waals surface area (Å²) < 4.78 is 4.88. The van der Waals surface area contributed by atoms with Crippen LogP contribution in [0.2, 0.25) is 5.22 Å². The Morgan fingerprint density at radius 1 is 1.50 bits per heavy atom. The van der Waals surface area contributed by atoms with Gasteiger partial charge in [0.15, 0.2) is 0 Å². The number of aryl methyl sites for hydroxylation is 1. The minimum Gasteiger partial charge on any atom is -0.344 e. The summed E-state index contributed by atoms with van der Waals surface area (Å²) in [6.45, 7) is 3.42. The molecule has 1 aliphatic heterocycles. The normalized spacial score (nSPS) is 28.4. The molecular formula is C13H19Cl2N3O2. The summed E-state index contributed by atoms with van der Waals surface area (Å²) >= 11 is 5.89. The zero-order valence-electron chi connectivity index (χ0n) is 11.3. The van der Waals surface area contributed by atoms with Gasteiger partial charge in [-0.3, -0.25) is 4.79 Å². The number of amides is 1. The van der Waals surface area contributed by atoms with E-state index in [9.17, 15) is 4.79 Å². The second kappa shape index (κ2) is 5.92. The molecule has 2 fully saturated rings. The average Bonchev–Trinajstić information content (AvgIpc) is 3.02. The van der Waals surface area contributed by atoms with Crippen LogP contribution in [0, 0.1) is 18.8 Å². The summed E-state index contributed by atoms with van der Waals surface area (Å²) in [4.78, 5) is 14.2. The van der Waals surface area contributed by atoms with E-state index in [4.69, 9.17) is 21.9 Å². The molecule has 1 amide bonds. The first-order chi connectivity index (χ1) is 9.06. The van der Waals surface area contributed by atoms with Gasteiger partial charge in [0.1, 0.15) is 0 Å². The van der Waals surface area contributed by atoms with Crippen LogP contribution in [0.1, 0.15) is 24.1 Å². The van der Waals surface area contributed by atoms with Crippen LogP contribution in [0.3, 0.4) is 0 Å². The molecule has 2 aliphatic rings. The molecule has 112 valence electrons. The Bertz CT molecular complexity index is 486. The molecule has 3 atom stereocenters. The predicted octanol–water partition coefficient (Wildman–Crippen LogP) is 1.80. The van der Waals surface area contributed by atoms with Crippen LogP contribution in [0.4, 0.5) is 0 Å². The van der Waals surface area contributed by atoms with Gasteiger partial charge in [0, 0.05) is 24.7 Å². The van der Waals surface area contributed by atoms with Crippen molar-refractivity contribution >= 4 is 29.9 Å². The lowest BCUT2D eigenvalue weighted by Crippen LogP contribution is -2.34. The molecule has 1 aromatic rings. The van der Waals surface area contributed by atoms with Crippen molar-refractivity contribution in [3.05, 3.63) is 16.5 Å². The zero-order chi connectivity index (χ0) is 13.6. The van der Waals surface area contributed by atoms with Crippen molar-refractivity contribution in [1.82, 2.24) is 10.1 Å². The molecule has 2 N–H and O–H groups in total. The highest BCUT2D eigenvalue weighted by molar-refractivity contribution is 6.29. The van der Waals surface area contributed by atoms with Crippen molar-refractivity contribution in [2.75, 3.05) is 13.1 Å². The highest BCUT2D eigenvalue weighted by Gasteiger charge is 2.42. The number of likely N-dealkylation sites (tertiary alicyclic amines) is 1. The molecule has 0 bridgehead atoms. The number of carbonyl (C=O) groups excluding carboxylic acids is 1. The van der Waals surface area contributed by atoms with Gasteiger partial charge in [-0.2, -0.15) is 0 Å². The minimum absolute atomic E-state index is 0. The fourth-order valence-electron chi connectivity index (χ4n) is 3.33. The van der Waals surface area contributed by atoms with Crippen LogP contribution >= 0.6 is 24.0 Å². The molecule has 0 radical (unpaired) electrons. The van der Waals surface area contributed by atoms with Crippen LogP contribution in [-0.4, -0.2) is 35.1 Å². The summed E-state index contributed by atoms with van der Waals surface area (Å²) in [6.07, 6.45) is 2.50. The lowest BCUT2D eigenvalue weighted by molar-refractivity contribution is -0.129. The van der Waals surface area contributed by atoms with E-state index in [0.29, 0.717) is 23.1 Å². The molecule has 3 rings (SSSR count). The standard InChI is InChI=1S/C13H18ClN3O2.ClH/c1-7-9(13(14)19-16-7)4-12(18)17-5-8-2-3-11(15)10(8)6-17;/h8,10-11H,2-6,15H2,1H3;1H. The lowest BCUT2D eigenvalue weighted by Gasteiger charge is -2.18. The fourth-order valence-corrected chi connectivity index (χ4v) is 3.57. The summed E-state index contributed by atoms with van der Waals surface area (Å²) in [5, 5.41) is 3.99. The van der Waals surface area contributed by atoms with Crippen molar-refractivity contribution in [1.29, 1.82) is 0 Å². The molecule has 0 spiro atoms. The van der Waals surface area contributed by atoms with Crippen molar-refractivity contribution < 1.29 is 9.32 Å². The van der Waals surface area contributed by atoms with E-state index in [2.05, 4.69) is 5.16 Å². The van der Waals surface area contributed by atoms with Gasteiger partial charge in [0.25, 0.3) is 0 Å². The quantitative estimate of drug-likeness (QED) is 0.902. The molecule has 3 unspecified atom stereocenters. The summed E-state index contributed by atoms with van der Waals surface area (Å²) in [5.41, 5.74) is 7.47. The molecule has 0 aromatic carbocycles. The Kier molecular flexibility index (Phi) is 4.62. The van der Waals surface area contributed by atoms with Crippen molar-refractivity contribution in [3.8, 4) is 0 Å². The SMILES string of the molecule is Cc1noc(Cl)c1CC(=O)N1CC2CCC(N)C2C1.Cl. The highest BCUT2D eigenvalue weighted by atomic mass is 35.5. The maximum Gasteiger partial charge on any atom is 0.229 e. The van der Waals surface area contributed by atoms with Crippen LogP contribution < -0.4 is 5.73 Å². The molecule has 7 heteroatoms. The van der Waals surface area contributed by atoms with E-state index in [1.165, 1.54) is 0 Å². The highest BCUT2D eigenvalue weighted by Crippen LogP contribution is 2.37. The van der Waals surface area contributed by atoms with E-state index >= 15 is 0 Å². The summed E-state index contributed by atoms with van der Waals surface area (Å²) in [6, 6.07) is 0.253. The number of nitrogens with two attached hydrogens (primary N) is 1. The van der Waals surface area contributed by atoms with E-state index < -0.39 is 0 Å². The number of fused-ring (bicyclic) bond motifs is 1. The Hall–Kier alpha value is -0.780. The number of carbonyl (C=O) groups is 1. The molecule has 1 saturated heterocycles. The first kappa shape index (κ1) is 15.6. The maximum absolute atomic E-state index is 12.3. The Morgan fingerprint density at radius 3 is 2.85 bits per heavy atom. The van der Waals surface area contributed by atoms with Gasteiger partial charge in [-0.05, 0) is 43.2 Å². The van der Waals surface area contributed by atoms with Gasteiger partial charge in [-0.1, -0.05) is 5.16 Å². The Labute approximate surface area is 129 Å². The van der Waals surface area contributed by atoms with Gasteiger partial charge >= 0.3 is 0 Å². The van der Waals surface area contributed by atoms with Crippen molar-refractivity contribution in [2.45, 2.75) is 32.2 Å². The largest absolute Gasteiger partial charge is 0.344 e. The number of hydrogen-bond acceptors (Lipinski definition) is 4. The van der Waals surface area contributed by atoms with Gasteiger partial charge in [0.2, 0.25) is 11.1 Å². The molecule has 1 aromatic heterocycles. The van der Waals surface area contributed by atoms with E-state index in [0.717, 1.165) is 25.9 Å². The average molecular weight is 320 g/mol. The lowest BCUT2D eigenvalue weighted by atomic mass is 9.98. The molecule has 1 aliphatic carbocycles. The third-order valence-corrected chi connectivity index (χ3v) is 4.83. The third-order valence-electron chi connectivity index (χ3n) is 4.53. The van der Waals surface area contributed by atoms with Gasteiger partial charge in [-0.15, -0.1) is 12.4 Å². The van der Waals surface area contributed by atoms with Crippen LogP contribution in [0.15, 0.2) is 4.52 Å². The van der Waals surface area contributed by atoms with Crippen LogP contribution in [0.25, 0.3) is 0 Å². The third kappa shape index (κ3) is 2.67. The first-order valence-corrected chi connectivity index (χ1v) is 7.08. The first-order valence-electron chi connectivity index (χ1n) is 6.70. The van der Waals surface area contributed by atoms with E-state index in [1.807, 2.05) is 4.90 Å². The topological polar surface area (TPSA) is 72.4 Å². The number of rotatable bonds is 2. The van der Waals surface area contributed by atoms with Crippen molar-refractivity contribution in [3.63, 3.8) is 0 Å². The summed E-state index contributed by atoms with van der Waals surface area (Å²) in [7, 11) is 0. The smallest absolute Gasteiger partial charge is 0.229 e. The molecular weight excluding hydrogens is 301 g/mol. The van der Waals surface area contributed by atoms with Gasteiger partial charge in [-0.25, -0.2) is 0 Å². The number of halogens is 2. The van der Waals surface area contributed by atoms with Crippen LogP contribution in [0.5, 0.6) is 0 Å². The molecule has 1 saturated carbocycles. The number of nitrogens with zero attached hydrogens (tertiary/aromatic N) is 2. The molecule has 5 nitrogen and oxygen atoms in total. The van der Waals surface area contributed by atoms with Gasteiger partial charge in [0.05, 0.1) is 12.1 Å². The van der Waals surface area contributed by atoms with Crippen molar-refractivity contribution in [2.24, 2.45) is 17.6 Å². The number of aromatic nitrogens is 1. The monoisotopic (exact) mass is 319 g/mol. The van der Waals surface area contributed by atoms with Gasteiger partial charge < -0.3 is 15.2 Å². The molecule has 2 heterocycles. The number of hydrogen-bond donors (Lipinski definition) is 1.